The lowest BCUT2D eigenvalue weighted by Crippen LogP contribution is -2.44. The normalized spacial score (nSPS) is 18.2. The molecule has 0 spiro atoms. The summed E-state index contributed by atoms with van der Waals surface area (Å²) >= 11 is 0. The number of rotatable bonds is 5. The van der Waals surface area contributed by atoms with Gasteiger partial charge in [0.2, 0.25) is 0 Å². The first-order valence-electron chi connectivity index (χ1n) is 8.81. The molecule has 0 radical (unpaired) electrons. The Labute approximate surface area is 157 Å². The van der Waals surface area contributed by atoms with Gasteiger partial charge in [-0.25, -0.2) is 9.59 Å². The van der Waals surface area contributed by atoms with Gasteiger partial charge in [-0.05, 0) is 37.1 Å². The Bertz CT molecular complexity index is 943. The fraction of sp³-hybridized carbons (Fsp3) is 0.286. The van der Waals surface area contributed by atoms with Gasteiger partial charge in [0, 0.05) is 31.3 Å². The highest BCUT2D eigenvalue weighted by Crippen LogP contribution is 2.40. The Balaban J connectivity index is 2.09. The minimum absolute atomic E-state index is 0.0699. The van der Waals surface area contributed by atoms with E-state index < -0.39 is 17.4 Å². The third-order valence-electron chi connectivity index (χ3n) is 4.99. The zero-order valence-electron chi connectivity index (χ0n) is 15.2. The number of ether oxygens (including phenoxy) is 1. The molecule has 27 heavy (non-hydrogen) atoms. The number of hydrogen-bond acceptors (Lipinski definition) is 5. The lowest BCUT2D eigenvalue weighted by atomic mass is 9.73. The smallest absolute Gasteiger partial charge is 0.336 e. The number of aromatic carboxylic acids is 1. The molecule has 0 saturated carbocycles. The molecule has 1 unspecified atom stereocenters. The van der Waals surface area contributed by atoms with Crippen LogP contribution in [0.15, 0.2) is 42.5 Å². The summed E-state index contributed by atoms with van der Waals surface area (Å²) in [6.07, 6.45) is 0.0699. The van der Waals surface area contributed by atoms with Crippen molar-refractivity contribution in [1.82, 2.24) is 0 Å². The number of carbonyl (C=O) groups excluding carboxylic acids is 1. The van der Waals surface area contributed by atoms with Crippen molar-refractivity contribution in [2.24, 2.45) is 0 Å². The van der Waals surface area contributed by atoms with E-state index in [2.05, 4.69) is 4.90 Å². The summed E-state index contributed by atoms with van der Waals surface area (Å²) in [5, 5.41) is 19.3. The number of anilines is 1. The number of fused-ring (bicyclic) bond motifs is 1. The van der Waals surface area contributed by atoms with Gasteiger partial charge in [-0.15, -0.1) is 0 Å². The molecule has 6 heteroatoms. The quantitative estimate of drug-likeness (QED) is 0.647. The maximum atomic E-state index is 12.9. The molecule has 1 heterocycles. The van der Waals surface area contributed by atoms with Crippen LogP contribution in [0, 0.1) is 11.3 Å². The largest absolute Gasteiger partial charge is 0.478 e. The van der Waals surface area contributed by atoms with E-state index in [1.165, 1.54) is 12.1 Å². The molecular formula is C21H20N2O4. The Hall–Kier alpha value is -3.33. The van der Waals surface area contributed by atoms with Crippen LogP contribution in [-0.4, -0.2) is 30.1 Å². The molecule has 1 atom stereocenters. The number of carboxylic acid groups (broad SMARTS) is 1. The van der Waals surface area contributed by atoms with Crippen LogP contribution >= 0.6 is 0 Å². The van der Waals surface area contributed by atoms with Crippen LogP contribution in [0.3, 0.4) is 0 Å². The van der Waals surface area contributed by atoms with E-state index in [0.717, 1.165) is 18.8 Å². The van der Waals surface area contributed by atoms with Crippen LogP contribution < -0.4 is 9.64 Å². The highest BCUT2D eigenvalue weighted by atomic mass is 16.5. The summed E-state index contributed by atoms with van der Waals surface area (Å²) < 4.78 is 5.53. The minimum atomic E-state index is -1.68. The second kappa shape index (κ2) is 7.12. The maximum Gasteiger partial charge on any atom is 0.336 e. The molecule has 0 bridgehead atoms. The number of carbonyl (C=O) groups is 2. The van der Waals surface area contributed by atoms with Gasteiger partial charge >= 0.3 is 11.9 Å². The van der Waals surface area contributed by atoms with Crippen molar-refractivity contribution in [2.75, 3.05) is 18.0 Å². The highest BCUT2D eigenvalue weighted by molar-refractivity contribution is 5.97. The van der Waals surface area contributed by atoms with Crippen LogP contribution in [0.1, 0.15) is 35.3 Å². The van der Waals surface area contributed by atoms with Crippen molar-refractivity contribution >= 4 is 17.6 Å². The molecule has 0 aliphatic carbocycles. The monoisotopic (exact) mass is 364 g/mol. The molecule has 138 valence electrons. The third kappa shape index (κ3) is 3.02. The average molecular weight is 364 g/mol. The van der Waals surface area contributed by atoms with Crippen molar-refractivity contribution in [2.45, 2.75) is 25.7 Å². The van der Waals surface area contributed by atoms with Crippen LogP contribution in [0.5, 0.6) is 5.75 Å². The van der Waals surface area contributed by atoms with Crippen molar-refractivity contribution in [3.8, 4) is 11.8 Å². The standard InChI is InChI=1S/C21H20N2O4/c1-3-23(4-2)15-10-9-14-12-21(13-22,20(26)27-18(14)11-15)17-8-6-5-7-16(17)19(24)25/h5-11H,3-4,12H2,1-2H3,(H,24,25). The van der Waals surface area contributed by atoms with Crippen molar-refractivity contribution in [3.05, 3.63) is 59.2 Å². The van der Waals surface area contributed by atoms with Gasteiger partial charge in [0.25, 0.3) is 0 Å². The Morgan fingerprint density at radius 2 is 1.96 bits per heavy atom. The molecule has 2 aromatic rings. The van der Waals surface area contributed by atoms with E-state index in [-0.39, 0.29) is 17.5 Å². The van der Waals surface area contributed by atoms with Crippen LogP contribution in [0.2, 0.25) is 0 Å². The number of carboxylic acids is 1. The molecule has 0 fully saturated rings. The summed E-state index contributed by atoms with van der Waals surface area (Å²) in [6.45, 7) is 5.71. The van der Waals surface area contributed by atoms with Gasteiger partial charge in [0.15, 0.2) is 5.41 Å². The average Bonchev–Trinajstić information content (AvgIpc) is 2.68. The fourth-order valence-electron chi connectivity index (χ4n) is 3.51. The number of benzene rings is 2. The van der Waals surface area contributed by atoms with Gasteiger partial charge in [-0.2, -0.15) is 5.26 Å². The first-order valence-corrected chi connectivity index (χ1v) is 8.81. The molecular weight excluding hydrogens is 344 g/mol. The summed E-state index contributed by atoms with van der Waals surface area (Å²) in [5.74, 6) is -1.51. The lowest BCUT2D eigenvalue weighted by molar-refractivity contribution is -0.140. The Morgan fingerprint density at radius 3 is 2.59 bits per heavy atom. The lowest BCUT2D eigenvalue weighted by Gasteiger charge is -2.32. The van der Waals surface area contributed by atoms with E-state index in [0.29, 0.717) is 11.3 Å². The number of esters is 1. The van der Waals surface area contributed by atoms with E-state index in [4.69, 9.17) is 4.74 Å². The van der Waals surface area contributed by atoms with E-state index >= 15 is 0 Å². The second-order valence-corrected chi connectivity index (χ2v) is 6.40. The first-order chi connectivity index (χ1) is 13.0. The van der Waals surface area contributed by atoms with Crippen LogP contribution in [0.4, 0.5) is 5.69 Å². The molecule has 1 aliphatic rings. The Kier molecular flexibility index (Phi) is 4.87. The van der Waals surface area contributed by atoms with E-state index in [1.54, 1.807) is 18.2 Å². The molecule has 3 rings (SSSR count). The summed E-state index contributed by atoms with van der Waals surface area (Å²) in [6, 6.07) is 13.7. The highest BCUT2D eigenvalue weighted by Gasteiger charge is 2.48. The van der Waals surface area contributed by atoms with E-state index in [1.807, 2.05) is 32.0 Å². The van der Waals surface area contributed by atoms with Gasteiger partial charge < -0.3 is 14.7 Å². The molecule has 0 aromatic heterocycles. The predicted molar refractivity (Wildman–Crippen MR) is 100 cm³/mol. The molecule has 0 amide bonds. The minimum Gasteiger partial charge on any atom is -0.478 e. The summed E-state index contributed by atoms with van der Waals surface area (Å²) in [4.78, 5) is 26.6. The molecule has 2 aromatic carbocycles. The van der Waals surface area contributed by atoms with Crippen molar-refractivity contribution in [1.29, 1.82) is 5.26 Å². The molecule has 1 N–H and O–H groups in total. The Morgan fingerprint density at radius 1 is 1.26 bits per heavy atom. The van der Waals surface area contributed by atoms with Crippen molar-refractivity contribution in [3.63, 3.8) is 0 Å². The third-order valence-corrected chi connectivity index (χ3v) is 4.99. The van der Waals surface area contributed by atoms with Crippen LogP contribution in [0.25, 0.3) is 0 Å². The predicted octanol–water partition coefficient (Wildman–Crippen LogP) is 3.15. The first kappa shape index (κ1) is 18.5. The second-order valence-electron chi connectivity index (χ2n) is 6.40. The van der Waals surface area contributed by atoms with Gasteiger partial charge in [0.1, 0.15) is 5.75 Å². The van der Waals surface area contributed by atoms with Gasteiger partial charge in [-0.1, -0.05) is 24.3 Å². The molecule has 6 nitrogen and oxygen atoms in total. The zero-order valence-corrected chi connectivity index (χ0v) is 15.2. The molecule has 0 saturated heterocycles. The maximum absolute atomic E-state index is 12.9. The zero-order chi connectivity index (χ0) is 19.6. The molecule has 1 aliphatic heterocycles. The number of hydrogen-bond donors (Lipinski definition) is 1. The summed E-state index contributed by atoms with van der Waals surface area (Å²) in [7, 11) is 0. The number of nitriles is 1. The SMILES string of the molecule is CCN(CC)c1ccc2c(c1)OC(=O)C(C#N)(c1ccccc1C(=O)O)C2. The number of nitrogens with zero attached hydrogens (tertiary/aromatic N) is 2. The van der Waals surface area contributed by atoms with E-state index in [9.17, 15) is 20.0 Å². The van der Waals surface area contributed by atoms with Gasteiger partial charge in [-0.3, -0.25) is 0 Å². The van der Waals surface area contributed by atoms with Crippen LogP contribution in [-0.2, 0) is 16.6 Å². The summed E-state index contributed by atoms with van der Waals surface area (Å²) in [5.41, 5.74) is 0.0375. The van der Waals surface area contributed by atoms with Gasteiger partial charge in [0.05, 0.1) is 11.6 Å². The van der Waals surface area contributed by atoms with Crippen molar-refractivity contribution < 1.29 is 19.4 Å². The topological polar surface area (TPSA) is 90.6 Å². The fourth-order valence-corrected chi connectivity index (χ4v) is 3.51.